The van der Waals surface area contributed by atoms with E-state index in [0.29, 0.717) is 24.6 Å². The molecule has 3 heterocycles. The molecule has 5 rings (SSSR count). The second kappa shape index (κ2) is 15.1. The Kier molecular flexibility index (Phi) is 11.3. The number of thiophene rings is 1. The first-order valence-electron chi connectivity index (χ1n) is 14.9. The molecule has 0 saturated carbocycles. The summed E-state index contributed by atoms with van der Waals surface area (Å²) in [6.45, 7) is 10.9. The third kappa shape index (κ3) is 8.54. The van der Waals surface area contributed by atoms with Crippen LogP contribution >= 0.6 is 11.3 Å². The molecule has 0 atom stereocenters. The van der Waals surface area contributed by atoms with Gasteiger partial charge in [0.2, 0.25) is 0 Å². The zero-order valence-electron chi connectivity index (χ0n) is 26.5. The molecule has 0 aliphatic carbocycles. The molecule has 9 nitrogen and oxygen atoms in total. The Hall–Kier alpha value is -4.02. The number of hydrogen-bond donors (Lipinski definition) is 1. The van der Waals surface area contributed by atoms with Crippen molar-refractivity contribution in [3.8, 4) is 11.5 Å². The van der Waals surface area contributed by atoms with Crippen LogP contribution in [-0.2, 0) is 29.2 Å². The number of carbonyl (C=O) groups excluding carboxylic acids is 2. The number of amides is 2. The number of benzene rings is 2. The number of carbonyl (C=O) groups is 2. The highest BCUT2D eigenvalue weighted by molar-refractivity contribution is 7.17. The van der Waals surface area contributed by atoms with Gasteiger partial charge in [0.05, 0.1) is 23.9 Å². The molecule has 0 radical (unpaired) electrons. The lowest BCUT2D eigenvalue weighted by Gasteiger charge is -2.23. The first-order valence-corrected chi connectivity index (χ1v) is 15.7. The van der Waals surface area contributed by atoms with Crippen LogP contribution < -0.4 is 14.8 Å². The topological polar surface area (TPSA) is 91.3 Å². The summed E-state index contributed by atoms with van der Waals surface area (Å²) < 4.78 is 24.9. The van der Waals surface area contributed by atoms with Gasteiger partial charge in [-0.1, -0.05) is 12.1 Å². The molecule has 236 valence electrons. The second-order valence-electron chi connectivity index (χ2n) is 11.4. The van der Waals surface area contributed by atoms with Crippen molar-refractivity contribution in [3.63, 3.8) is 0 Å². The molecule has 0 bridgehead atoms. The van der Waals surface area contributed by atoms with Crippen LogP contribution in [0.1, 0.15) is 62.2 Å². The fourth-order valence-corrected chi connectivity index (χ4v) is 5.78. The molecule has 0 unspecified atom stereocenters. The van der Waals surface area contributed by atoms with Crippen LogP contribution in [0.2, 0.25) is 0 Å². The molecule has 0 spiro atoms. The molecule has 2 aromatic carbocycles. The Labute approximate surface area is 263 Å². The Bertz CT molecular complexity index is 1530. The molecule has 1 N–H and O–H groups in total. The summed E-state index contributed by atoms with van der Waals surface area (Å²) in [5.74, 6) is 1.34. The minimum atomic E-state index is -0.361. The normalized spacial score (nSPS) is 12.9. The van der Waals surface area contributed by atoms with Crippen molar-refractivity contribution < 1.29 is 28.5 Å². The van der Waals surface area contributed by atoms with E-state index < -0.39 is 0 Å². The third-order valence-corrected chi connectivity index (χ3v) is 7.95. The van der Waals surface area contributed by atoms with Gasteiger partial charge in [-0.25, -0.2) is 4.79 Å². The zero-order chi connectivity index (χ0) is 31.7. The number of hydrogen-bond acceptors (Lipinski definition) is 7. The van der Waals surface area contributed by atoms with Crippen LogP contribution in [0.5, 0.6) is 11.5 Å². The highest BCUT2D eigenvalue weighted by atomic mass is 32.1. The van der Waals surface area contributed by atoms with Crippen molar-refractivity contribution >= 4 is 39.2 Å². The highest BCUT2D eigenvalue weighted by Gasteiger charge is 2.24. The first kappa shape index (κ1) is 32.9. The Morgan fingerprint density at radius 2 is 1.66 bits per heavy atom. The van der Waals surface area contributed by atoms with E-state index in [1.54, 1.807) is 30.5 Å². The van der Waals surface area contributed by atoms with E-state index >= 15 is 0 Å². The quantitative estimate of drug-likeness (QED) is 0.206. The van der Waals surface area contributed by atoms with Crippen molar-refractivity contribution in [3.05, 3.63) is 76.8 Å². The van der Waals surface area contributed by atoms with E-state index in [-0.39, 0.29) is 17.6 Å². The Morgan fingerprint density at radius 1 is 0.955 bits per heavy atom. The van der Waals surface area contributed by atoms with Gasteiger partial charge in [-0.3, -0.25) is 4.79 Å². The number of methoxy groups -OCH3 is 2. The van der Waals surface area contributed by atoms with Gasteiger partial charge in [0.1, 0.15) is 29.4 Å². The van der Waals surface area contributed by atoms with Crippen LogP contribution in [0.4, 0.5) is 10.5 Å². The second-order valence-corrected chi connectivity index (χ2v) is 12.4. The summed E-state index contributed by atoms with van der Waals surface area (Å²) in [6, 6.07) is 17.2. The predicted molar refractivity (Wildman–Crippen MR) is 175 cm³/mol. The summed E-state index contributed by atoms with van der Waals surface area (Å²) >= 11 is 1.64. The average molecular weight is 622 g/mol. The molecule has 1 aliphatic heterocycles. The van der Waals surface area contributed by atoms with Crippen molar-refractivity contribution in [2.45, 2.75) is 65.9 Å². The number of nitrogens with zero attached hydrogens (tertiary/aromatic N) is 2. The summed E-state index contributed by atoms with van der Waals surface area (Å²) in [4.78, 5) is 26.3. The lowest BCUT2D eigenvalue weighted by Crippen LogP contribution is -2.34. The summed E-state index contributed by atoms with van der Waals surface area (Å²) in [7, 11) is 3.28. The standard InChI is InChI=1S/C25H26N2O4S.C9H17NO2/c1-4-27-22-12-13-32-24(22)14-23(27)25(28)26-21-7-5-6-17(15-29-2)20(21)16-31-19-10-8-18(30-3)9-11-19;1-9(2,3)12-8(11)10-6-4-5-7-10/h5-14H,4,15-16H2,1-3H3,(H,26,28);4-7H2,1-3H3. The summed E-state index contributed by atoms with van der Waals surface area (Å²) in [6.07, 6.45) is 2.05. The number of aromatic nitrogens is 1. The van der Waals surface area contributed by atoms with E-state index in [2.05, 4.69) is 5.32 Å². The van der Waals surface area contributed by atoms with Gasteiger partial charge in [-0.05, 0) is 93.9 Å². The van der Waals surface area contributed by atoms with Crippen LogP contribution in [-0.4, -0.2) is 54.4 Å². The number of fused-ring (bicyclic) bond motifs is 1. The monoisotopic (exact) mass is 621 g/mol. The van der Waals surface area contributed by atoms with Gasteiger partial charge in [0.25, 0.3) is 5.91 Å². The van der Waals surface area contributed by atoms with Crippen LogP contribution in [0, 0.1) is 0 Å². The summed E-state index contributed by atoms with van der Waals surface area (Å²) in [5, 5.41) is 5.14. The molecule has 2 amide bonds. The third-order valence-electron chi connectivity index (χ3n) is 7.09. The minimum absolute atomic E-state index is 0.143. The first-order chi connectivity index (χ1) is 21.1. The van der Waals surface area contributed by atoms with Gasteiger partial charge >= 0.3 is 6.09 Å². The number of rotatable bonds is 9. The minimum Gasteiger partial charge on any atom is -0.497 e. The maximum atomic E-state index is 13.2. The Morgan fingerprint density at radius 3 is 2.30 bits per heavy atom. The van der Waals surface area contributed by atoms with E-state index in [1.807, 2.05) is 92.2 Å². The summed E-state index contributed by atoms with van der Waals surface area (Å²) in [5.41, 5.74) is 3.93. The van der Waals surface area contributed by atoms with E-state index in [4.69, 9.17) is 18.9 Å². The van der Waals surface area contributed by atoms with Gasteiger partial charge < -0.3 is 33.7 Å². The lowest BCUT2D eigenvalue weighted by atomic mass is 10.1. The maximum absolute atomic E-state index is 13.2. The highest BCUT2D eigenvalue weighted by Crippen LogP contribution is 2.28. The van der Waals surface area contributed by atoms with Crippen LogP contribution in [0.25, 0.3) is 10.2 Å². The van der Waals surface area contributed by atoms with Gasteiger partial charge in [0.15, 0.2) is 0 Å². The molecule has 4 aromatic rings. The van der Waals surface area contributed by atoms with E-state index in [0.717, 1.165) is 65.3 Å². The fraction of sp³-hybridized carbons (Fsp3) is 0.412. The molecule has 1 aliphatic rings. The fourth-order valence-electron chi connectivity index (χ4n) is 4.96. The van der Waals surface area contributed by atoms with E-state index in [1.165, 1.54) is 0 Å². The van der Waals surface area contributed by atoms with E-state index in [9.17, 15) is 9.59 Å². The van der Waals surface area contributed by atoms with Crippen LogP contribution in [0.3, 0.4) is 0 Å². The molecular formula is C34H43N3O6S. The SMILES string of the molecule is CC(C)(C)OC(=O)N1CCCC1.CCn1c(C(=O)Nc2cccc(COC)c2COc2ccc(OC)cc2)cc2sccc21. The predicted octanol–water partition coefficient (Wildman–Crippen LogP) is 7.73. The Balaban J connectivity index is 0.000000309. The van der Waals surface area contributed by atoms with Gasteiger partial charge in [0, 0.05) is 38.0 Å². The molecule has 1 saturated heterocycles. The smallest absolute Gasteiger partial charge is 0.410 e. The van der Waals surface area contributed by atoms with Crippen molar-refractivity contribution in [2.75, 3.05) is 32.6 Å². The average Bonchev–Trinajstić information content (AvgIpc) is 3.75. The number of ether oxygens (including phenoxy) is 4. The van der Waals surface area contributed by atoms with Crippen LogP contribution in [0.15, 0.2) is 60.0 Å². The number of likely N-dealkylation sites (tertiary alicyclic amines) is 1. The van der Waals surface area contributed by atoms with Gasteiger partial charge in [-0.2, -0.15) is 0 Å². The number of nitrogens with one attached hydrogen (secondary N) is 1. The molecule has 44 heavy (non-hydrogen) atoms. The van der Waals surface area contributed by atoms with Crippen molar-refractivity contribution in [1.29, 1.82) is 0 Å². The maximum Gasteiger partial charge on any atom is 0.410 e. The van der Waals surface area contributed by atoms with Gasteiger partial charge in [-0.15, -0.1) is 11.3 Å². The molecule has 2 aromatic heterocycles. The van der Waals surface area contributed by atoms with Crippen molar-refractivity contribution in [2.24, 2.45) is 0 Å². The molecular weight excluding hydrogens is 578 g/mol. The lowest BCUT2D eigenvalue weighted by molar-refractivity contribution is 0.0295. The molecule has 1 fully saturated rings. The number of aryl methyl sites for hydroxylation is 1. The van der Waals surface area contributed by atoms with Crippen molar-refractivity contribution in [1.82, 2.24) is 9.47 Å². The number of anilines is 1. The zero-order valence-corrected chi connectivity index (χ0v) is 27.3. The largest absolute Gasteiger partial charge is 0.497 e. The molecule has 10 heteroatoms.